The van der Waals surface area contributed by atoms with Gasteiger partial charge in [0.2, 0.25) is 0 Å². The van der Waals surface area contributed by atoms with Crippen molar-refractivity contribution in [2.45, 2.75) is 13.5 Å². The average Bonchev–Trinajstić information content (AvgIpc) is 2.72. The monoisotopic (exact) mass is 354 g/mol. The van der Waals surface area contributed by atoms with Gasteiger partial charge in [-0.15, -0.1) is 0 Å². The molecule has 0 saturated heterocycles. The van der Waals surface area contributed by atoms with Crippen LogP contribution in [0.1, 0.15) is 21.6 Å². The average molecular weight is 354 g/mol. The lowest BCUT2D eigenvalue weighted by Crippen LogP contribution is -2.23. The van der Waals surface area contributed by atoms with Crippen LogP contribution >= 0.6 is 0 Å². The third kappa shape index (κ3) is 3.67. The summed E-state index contributed by atoms with van der Waals surface area (Å²) >= 11 is 0. The normalized spacial score (nSPS) is 10.7. The molecule has 132 valence electrons. The molecule has 0 bridgehead atoms. The number of hydrogen-bond donors (Lipinski definition) is 1. The molecule has 0 radical (unpaired) electrons. The fraction of sp³-hybridized carbons (Fsp3) is 0.0909. The van der Waals surface area contributed by atoms with Gasteiger partial charge in [0.25, 0.3) is 5.91 Å². The topological polar surface area (TPSA) is 67.8 Å². The molecule has 0 atom stereocenters. The summed E-state index contributed by atoms with van der Waals surface area (Å²) in [6.07, 6.45) is 5.22. The van der Waals surface area contributed by atoms with Crippen molar-refractivity contribution in [3.63, 3.8) is 0 Å². The highest BCUT2D eigenvalue weighted by Crippen LogP contribution is 2.18. The van der Waals surface area contributed by atoms with E-state index in [2.05, 4.69) is 20.3 Å². The van der Waals surface area contributed by atoms with Gasteiger partial charge in [-0.25, -0.2) is 0 Å². The number of carbonyl (C=O) groups excluding carboxylic acids is 1. The van der Waals surface area contributed by atoms with E-state index in [1.165, 1.54) is 0 Å². The molecule has 3 aromatic heterocycles. The number of nitrogens with zero attached hydrogens (tertiary/aromatic N) is 3. The van der Waals surface area contributed by atoms with E-state index in [1.807, 2.05) is 55.5 Å². The summed E-state index contributed by atoms with van der Waals surface area (Å²) in [6, 6.07) is 17.3. The molecule has 27 heavy (non-hydrogen) atoms. The lowest BCUT2D eigenvalue weighted by Gasteiger charge is -2.09. The minimum absolute atomic E-state index is 0.138. The molecule has 0 spiro atoms. The first kappa shape index (κ1) is 16.8. The van der Waals surface area contributed by atoms with Gasteiger partial charge in [0.15, 0.2) is 0 Å². The maximum atomic E-state index is 12.7. The number of carbonyl (C=O) groups is 1. The Morgan fingerprint density at radius 1 is 1.00 bits per heavy atom. The van der Waals surface area contributed by atoms with Crippen molar-refractivity contribution in [2.24, 2.45) is 0 Å². The van der Waals surface area contributed by atoms with Crippen LogP contribution in [-0.4, -0.2) is 20.9 Å². The Kier molecular flexibility index (Phi) is 4.58. The second-order valence-electron chi connectivity index (χ2n) is 6.30. The highest BCUT2D eigenvalue weighted by atomic mass is 16.1. The van der Waals surface area contributed by atoms with Gasteiger partial charge in [0, 0.05) is 41.8 Å². The van der Waals surface area contributed by atoms with Gasteiger partial charge in [-0.2, -0.15) is 0 Å². The molecule has 3 heterocycles. The summed E-state index contributed by atoms with van der Waals surface area (Å²) in [6.45, 7) is 2.34. The first-order valence-electron chi connectivity index (χ1n) is 8.70. The minimum Gasteiger partial charge on any atom is -0.348 e. The van der Waals surface area contributed by atoms with Crippen LogP contribution in [0.15, 0.2) is 73.2 Å². The number of fused-ring (bicyclic) bond motifs is 1. The molecule has 5 heteroatoms. The maximum absolute atomic E-state index is 12.7. The van der Waals surface area contributed by atoms with Crippen LogP contribution in [0.4, 0.5) is 0 Å². The predicted molar refractivity (Wildman–Crippen MR) is 105 cm³/mol. The van der Waals surface area contributed by atoms with E-state index in [9.17, 15) is 4.79 Å². The Balaban J connectivity index is 1.54. The molecular formula is C22H18N4O. The number of pyridine rings is 3. The predicted octanol–water partition coefficient (Wildman–Crippen LogP) is 3.93. The van der Waals surface area contributed by atoms with Crippen molar-refractivity contribution in [3.8, 4) is 11.3 Å². The van der Waals surface area contributed by atoms with Crippen molar-refractivity contribution in [1.29, 1.82) is 0 Å². The van der Waals surface area contributed by atoms with Crippen molar-refractivity contribution < 1.29 is 4.79 Å². The molecule has 1 N–H and O–H groups in total. The third-order valence-corrected chi connectivity index (χ3v) is 4.36. The number of aromatic nitrogens is 3. The fourth-order valence-corrected chi connectivity index (χ4v) is 2.97. The van der Waals surface area contributed by atoms with E-state index in [-0.39, 0.29) is 5.91 Å². The largest absolute Gasteiger partial charge is 0.348 e. The van der Waals surface area contributed by atoms with Crippen molar-refractivity contribution in [3.05, 3.63) is 90.0 Å². The van der Waals surface area contributed by atoms with E-state index in [4.69, 9.17) is 0 Å². The van der Waals surface area contributed by atoms with Crippen LogP contribution < -0.4 is 5.32 Å². The van der Waals surface area contributed by atoms with Gasteiger partial charge in [-0.05, 0) is 48.9 Å². The molecule has 5 nitrogen and oxygen atoms in total. The number of benzene rings is 1. The zero-order valence-electron chi connectivity index (χ0n) is 14.9. The Labute approximate surface area is 157 Å². The Hall–Kier alpha value is -3.60. The summed E-state index contributed by atoms with van der Waals surface area (Å²) in [7, 11) is 0. The molecule has 0 saturated carbocycles. The molecule has 1 amide bonds. The maximum Gasteiger partial charge on any atom is 0.253 e. The van der Waals surface area contributed by atoms with Gasteiger partial charge in [0.1, 0.15) is 0 Å². The third-order valence-electron chi connectivity index (χ3n) is 4.36. The quantitative estimate of drug-likeness (QED) is 0.603. The van der Waals surface area contributed by atoms with Crippen LogP contribution in [0.25, 0.3) is 22.2 Å². The van der Waals surface area contributed by atoms with Crippen molar-refractivity contribution >= 4 is 16.8 Å². The smallest absolute Gasteiger partial charge is 0.253 e. The lowest BCUT2D eigenvalue weighted by molar-refractivity contribution is 0.0952. The highest BCUT2D eigenvalue weighted by molar-refractivity contribution is 6.05. The minimum atomic E-state index is -0.138. The van der Waals surface area contributed by atoms with Gasteiger partial charge < -0.3 is 5.32 Å². The molecule has 0 aliphatic heterocycles. The summed E-state index contributed by atoms with van der Waals surface area (Å²) < 4.78 is 0. The van der Waals surface area contributed by atoms with Crippen LogP contribution in [0.5, 0.6) is 0 Å². The summed E-state index contributed by atoms with van der Waals surface area (Å²) in [5.41, 5.74) is 5.02. The van der Waals surface area contributed by atoms with E-state index in [0.717, 1.165) is 33.4 Å². The molecule has 0 aliphatic carbocycles. The van der Waals surface area contributed by atoms with Gasteiger partial charge in [-0.1, -0.05) is 18.2 Å². The second-order valence-corrected chi connectivity index (χ2v) is 6.30. The Morgan fingerprint density at radius 3 is 2.70 bits per heavy atom. The van der Waals surface area contributed by atoms with Crippen LogP contribution in [0, 0.1) is 6.92 Å². The van der Waals surface area contributed by atoms with E-state index in [1.54, 1.807) is 24.7 Å². The first-order valence-corrected chi connectivity index (χ1v) is 8.70. The molecule has 0 aliphatic rings. The highest BCUT2D eigenvalue weighted by Gasteiger charge is 2.11. The SMILES string of the molecule is Cc1ccc2cccc(C(=O)NCc3ccnc(-c4ccncc4)c3)c2n1. The molecule has 1 aromatic carbocycles. The zero-order valence-corrected chi connectivity index (χ0v) is 14.9. The zero-order chi connectivity index (χ0) is 18.6. The van der Waals surface area contributed by atoms with Gasteiger partial charge in [0.05, 0.1) is 16.8 Å². The molecule has 4 aromatic rings. The molecule has 0 fully saturated rings. The first-order chi connectivity index (χ1) is 13.2. The van der Waals surface area contributed by atoms with Gasteiger partial charge >= 0.3 is 0 Å². The van der Waals surface area contributed by atoms with Crippen LogP contribution in [-0.2, 0) is 6.54 Å². The number of rotatable bonds is 4. The second kappa shape index (κ2) is 7.33. The number of aryl methyl sites for hydroxylation is 1. The van der Waals surface area contributed by atoms with Crippen molar-refractivity contribution in [2.75, 3.05) is 0 Å². The molecule has 0 unspecified atom stereocenters. The van der Waals surface area contributed by atoms with E-state index < -0.39 is 0 Å². The van der Waals surface area contributed by atoms with Gasteiger partial charge in [-0.3, -0.25) is 19.7 Å². The van der Waals surface area contributed by atoms with Crippen molar-refractivity contribution in [1.82, 2.24) is 20.3 Å². The molecular weight excluding hydrogens is 336 g/mol. The molecule has 4 rings (SSSR count). The van der Waals surface area contributed by atoms with E-state index in [0.29, 0.717) is 12.1 Å². The Morgan fingerprint density at radius 2 is 1.85 bits per heavy atom. The fourth-order valence-electron chi connectivity index (χ4n) is 2.97. The van der Waals surface area contributed by atoms with Crippen LogP contribution in [0.3, 0.4) is 0 Å². The Bertz CT molecular complexity index is 1110. The summed E-state index contributed by atoms with van der Waals surface area (Å²) in [5, 5.41) is 3.94. The number of para-hydroxylation sites is 1. The van der Waals surface area contributed by atoms with Crippen LogP contribution in [0.2, 0.25) is 0 Å². The lowest BCUT2D eigenvalue weighted by atomic mass is 10.1. The standard InChI is InChI=1S/C22H18N4O/c1-15-5-6-18-3-2-4-19(21(18)26-15)22(27)25-14-16-7-12-24-20(13-16)17-8-10-23-11-9-17/h2-13H,14H2,1H3,(H,25,27). The number of hydrogen-bond acceptors (Lipinski definition) is 4. The number of amides is 1. The summed E-state index contributed by atoms with van der Waals surface area (Å²) in [4.78, 5) is 25.7. The van der Waals surface area contributed by atoms with E-state index >= 15 is 0 Å². The number of nitrogens with one attached hydrogen (secondary N) is 1. The summed E-state index contributed by atoms with van der Waals surface area (Å²) in [5.74, 6) is -0.138.